The van der Waals surface area contributed by atoms with Crippen molar-refractivity contribution < 1.29 is 19.4 Å². The van der Waals surface area contributed by atoms with Crippen LogP contribution in [0.2, 0.25) is 0 Å². The molecule has 5 heteroatoms. The van der Waals surface area contributed by atoms with Crippen molar-refractivity contribution in [2.45, 2.75) is 19.1 Å². The third kappa shape index (κ3) is 6.02. The molecule has 0 radical (unpaired) electrons. The van der Waals surface area contributed by atoms with E-state index in [0.29, 0.717) is 17.5 Å². The maximum absolute atomic E-state index is 12.4. The van der Waals surface area contributed by atoms with Crippen LogP contribution in [0.5, 0.6) is 0 Å². The second-order valence-corrected chi connectivity index (χ2v) is 6.65. The molecule has 0 saturated heterocycles. The number of carbonyl (C=O) groups is 2. The lowest BCUT2D eigenvalue weighted by Crippen LogP contribution is -2.33. The maximum atomic E-state index is 12.4. The van der Waals surface area contributed by atoms with Crippen molar-refractivity contribution in [3.63, 3.8) is 0 Å². The van der Waals surface area contributed by atoms with Crippen molar-refractivity contribution >= 4 is 11.9 Å². The van der Waals surface area contributed by atoms with Crippen molar-refractivity contribution in [2.24, 2.45) is 0 Å². The third-order valence-corrected chi connectivity index (χ3v) is 4.53. The molecule has 0 aliphatic heterocycles. The lowest BCUT2D eigenvalue weighted by atomic mass is 9.99. The molecule has 0 aromatic heterocycles. The molecular weight excluding hydrogens is 366 g/mol. The van der Waals surface area contributed by atoms with Crippen LogP contribution in [0, 0.1) is 0 Å². The van der Waals surface area contributed by atoms with Gasteiger partial charge in [0.05, 0.1) is 18.2 Å². The van der Waals surface area contributed by atoms with E-state index in [0.717, 1.165) is 11.1 Å². The first-order valence-corrected chi connectivity index (χ1v) is 9.41. The molecule has 0 aliphatic rings. The number of amides is 1. The minimum atomic E-state index is -0.580. The van der Waals surface area contributed by atoms with E-state index in [1.54, 1.807) is 24.3 Å². The van der Waals surface area contributed by atoms with Gasteiger partial charge < -0.3 is 15.2 Å². The fourth-order valence-corrected chi connectivity index (χ4v) is 2.98. The molecule has 2 N–H and O–H groups in total. The number of esters is 1. The van der Waals surface area contributed by atoms with Gasteiger partial charge in [-0.1, -0.05) is 72.8 Å². The van der Waals surface area contributed by atoms with E-state index in [2.05, 4.69) is 5.32 Å². The van der Waals surface area contributed by atoms with Gasteiger partial charge in [0.1, 0.15) is 0 Å². The number of carbonyl (C=O) groups excluding carboxylic acids is 2. The van der Waals surface area contributed by atoms with Crippen LogP contribution in [0.3, 0.4) is 0 Å². The molecule has 1 amide bonds. The normalized spacial score (nSPS) is 11.5. The van der Waals surface area contributed by atoms with Crippen LogP contribution < -0.4 is 5.32 Å². The minimum absolute atomic E-state index is 0.0972. The summed E-state index contributed by atoms with van der Waals surface area (Å²) in [6.07, 6.45) is 0.632. The first-order valence-electron chi connectivity index (χ1n) is 9.41. The van der Waals surface area contributed by atoms with E-state index in [-0.39, 0.29) is 25.2 Å². The fourth-order valence-electron chi connectivity index (χ4n) is 2.98. The van der Waals surface area contributed by atoms with E-state index >= 15 is 0 Å². The summed E-state index contributed by atoms with van der Waals surface area (Å²) in [6, 6.07) is 25.8. The van der Waals surface area contributed by atoms with Crippen LogP contribution in [-0.4, -0.2) is 23.6 Å². The Bertz CT molecular complexity index is 924. The summed E-state index contributed by atoms with van der Waals surface area (Å²) in [4.78, 5) is 24.6. The van der Waals surface area contributed by atoms with Gasteiger partial charge in [-0.05, 0) is 35.2 Å². The summed E-state index contributed by atoms with van der Waals surface area (Å²) < 4.78 is 5.14. The zero-order chi connectivity index (χ0) is 20.5. The summed E-state index contributed by atoms with van der Waals surface area (Å²) in [5.74, 6) is -0.945. The molecule has 1 atom stereocenters. The van der Waals surface area contributed by atoms with Gasteiger partial charge in [0.2, 0.25) is 0 Å². The van der Waals surface area contributed by atoms with Gasteiger partial charge in [0.15, 0.2) is 6.61 Å². The Morgan fingerprint density at radius 3 is 2.07 bits per heavy atom. The van der Waals surface area contributed by atoms with E-state index in [1.165, 1.54) is 0 Å². The Balaban J connectivity index is 1.61. The zero-order valence-electron chi connectivity index (χ0n) is 16.0. The second-order valence-electron chi connectivity index (χ2n) is 6.65. The van der Waals surface area contributed by atoms with Crippen LogP contribution in [0.4, 0.5) is 0 Å². The Labute approximate surface area is 170 Å². The lowest BCUT2D eigenvalue weighted by Gasteiger charge is -2.19. The Morgan fingerprint density at radius 1 is 0.828 bits per heavy atom. The van der Waals surface area contributed by atoms with Gasteiger partial charge >= 0.3 is 5.97 Å². The molecule has 0 bridgehead atoms. The van der Waals surface area contributed by atoms with Crippen LogP contribution in [0.25, 0.3) is 0 Å². The molecule has 0 saturated carbocycles. The number of aliphatic hydroxyl groups excluding tert-OH is 1. The number of hydrogen-bond acceptors (Lipinski definition) is 4. The Morgan fingerprint density at radius 2 is 1.45 bits per heavy atom. The van der Waals surface area contributed by atoms with Crippen LogP contribution in [0.15, 0.2) is 84.9 Å². The molecular formula is C24H23NO4. The van der Waals surface area contributed by atoms with Crippen molar-refractivity contribution in [3.05, 3.63) is 107 Å². The molecule has 3 aromatic carbocycles. The average Bonchev–Trinajstić information content (AvgIpc) is 2.78. The minimum Gasteiger partial charge on any atom is -0.452 e. The van der Waals surface area contributed by atoms with Gasteiger partial charge in [-0.2, -0.15) is 0 Å². The van der Waals surface area contributed by atoms with Crippen LogP contribution in [-0.2, 0) is 22.6 Å². The SMILES string of the molecule is O=C(COC(=O)c1ccc(CO)cc1)N[C@H](Cc1ccccc1)c1ccccc1. The summed E-state index contributed by atoms with van der Waals surface area (Å²) >= 11 is 0. The highest BCUT2D eigenvalue weighted by molar-refractivity contribution is 5.91. The first kappa shape index (κ1) is 20.3. The predicted molar refractivity (Wildman–Crippen MR) is 110 cm³/mol. The molecule has 148 valence electrons. The highest BCUT2D eigenvalue weighted by atomic mass is 16.5. The summed E-state index contributed by atoms with van der Waals surface area (Å²) in [6.45, 7) is -0.460. The number of benzene rings is 3. The molecule has 3 rings (SSSR count). The van der Waals surface area contributed by atoms with E-state index < -0.39 is 5.97 Å². The van der Waals surface area contributed by atoms with Gasteiger partial charge in [-0.3, -0.25) is 4.79 Å². The summed E-state index contributed by atoms with van der Waals surface area (Å²) in [5.41, 5.74) is 3.11. The highest BCUT2D eigenvalue weighted by Gasteiger charge is 2.17. The van der Waals surface area contributed by atoms with Crippen molar-refractivity contribution in [2.75, 3.05) is 6.61 Å². The molecule has 0 fully saturated rings. The van der Waals surface area contributed by atoms with Gasteiger partial charge in [-0.15, -0.1) is 0 Å². The first-order chi connectivity index (χ1) is 14.2. The Kier molecular flexibility index (Phi) is 7.14. The number of aliphatic hydroxyl groups is 1. The molecule has 5 nitrogen and oxygen atoms in total. The Hall–Kier alpha value is -3.44. The predicted octanol–water partition coefficient (Wildman–Crippen LogP) is 3.44. The topological polar surface area (TPSA) is 75.6 Å². The molecule has 0 heterocycles. The van der Waals surface area contributed by atoms with E-state index in [4.69, 9.17) is 9.84 Å². The van der Waals surface area contributed by atoms with Gasteiger partial charge in [0.25, 0.3) is 5.91 Å². The molecule has 0 spiro atoms. The standard InChI is InChI=1S/C24H23NO4/c26-16-19-11-13-21(14-12-19)24(28)29-17-23(27)25-22(20-9-5-2-6-10-20)15-18-7-3-1-4-8-18/h1-14,22,26H,15-17H2,(H,25,27)/t22-/m1/s1. The summed E-state index contributed by atoms with van der Waals surface area (Å²) in [7, 11) is 0. The number of rotatable bonds is 8. The average molecular weight is 389 g/mol. The molecule has 3 aromatic rings. The monoisotopic (exact) mass is 389 g/mol. The molecule has 0 aliphatic carbocycles. The van der Waals surface area contributed by atoms with Gasteiger partial charge in [-0.25, -0.2) is 4.79 Å². The van der Waals surface area contributed by atoms with Crippen molar-refractivity contribution in [1.29, 1.82) is 0 Å². The smallest absolute Gasteiger partial charge is 0.338 e. The van der Waals surface area contributed by atoms with E-state index in [9.17, 15) is 9.59 Å². The highest BCUT2D eigenvalue weighted by Crippen LogP contribution is 2.18. The number of hydrogen-bond donors (Lipinski definition) is 2. The second kappa shape index (κ2) is 10.2. The van der Waals surface area contributed by atoms with Crippen LogP contribution in [0.1, 0.15) is 33.1 Å². The fraction of sp³-hybridized carbons (Fsp3) is 0.167. The maximum Gasteiger partial charge on any atom is 0.338 e. The quantitative estimate of drug-likeness (QED) is 0.579. The third-order valence-electron chi connectivity index (χ3n) is 4.53. The molecule has 29 heavy (non-hydrogen) atoms. The zero-order valence-corrected chi connectivity index (χ0v) is 16.0. The van der Waals surface area contributed by atoms with Crippen molar-refractivity contribution in [1.82, 2.24) is 5.32 Å². The summed E-state index contributed by atoms with van der Waals surface area (Å²) in [5, 5.41) is 12.0. The number of nitrogens with one attached hydrogen (secondary N) is 1. The van der Waals surface area contributed by atoms with Crippen LogP contribution >= 0.6 is 0 Å². The van der Waals surface area contributed by atoms with Gasteiger partial charge in [0, 0.05) is 0 Å². The number of ether oxygens (including phenoxy) is 1. The lowest BCUT2D eigenvalue weighted by molar-refractivity contribution is -0.125. The largest absolute Gasteiger partial charge is 0.452 e. The molecule has 0 unspecified atom stereocenters. The van der Waals surface area contributed by atoms with E-state index in [1.807, 2.05) is 60.7 Å². The van der Waals surface area contributed by atoms with Crippen molar-refractivity contribution in [3.8, 4) is 0 Å².